The van der Waals surface area contributed by atoms with Crippen molar-refractivity contribution in [2.75, 3.05) is 52.7 Å². The number of nitrogens with one attached hydrogen (secondary N) is 2. The highest BCUT2D eigenvalue weighted by Gasteiger charge is 2.32. The van der Waals surface area contributed by atoms with Gasteiger partial charge in [0.1, 0.15) is 0 Å². The SMILES string of the molecule is CN=C(NCC(c1cccs1)N1CCC(C)CC1)NCC1(SC)CCOCC1. The number of piperidine rings is 1. The fraction of sp³-hybridized carbons (Fsp3) is 0.762. The van der Waals surface area contributed by atoms with Gasteiger partial charge in [-0.25, -0.2) is 0 Å². The van der Waals surface area contributed by atoms with E-state index in [4.69, 9.17) is 4.74 Å². The van der Waals surface area contributed by atoms with Gasteiger partial charge < -0.3 is 15.4 Å². The first kappa shape index (κ1) is 21.9. The molecule has 158 valence electrons. The molecule has 28 heavy (non-hydrogen) atoms. The monoisotopic (exact) mass is 424 g/mol. The van der Waals surface area contributed by atoms with Gasteiger partial charge >= 0.3 is 0 Å². The molecule has 3 rings (SSSR count). The third kappa shape index (κ3) is 5.88. The first-order valence-electron chi connectivity index (χ1n) is 10.5. The largest absolute Gasteiger partial charge is 0.381 e. The number of likely N-dealkylation sites (tertiary alicyclic amines) is 1. The fourth-order valence-corrected chi connectivity index (χ4v) is 5.74. The topological polar surface area (TPSA) is 48.9 Å². The average molecular weight is 425 g/mol. The van der Waals surface area contributed by atoms with Crippen molar-refractivity contribution in [1.29, 1.82) is 0 Å². The molecule has 2 N–H and O–H groups in total. The Hall–Kier alpha value is -0.760. The maximum absolute atomic E-state index is 5.56. The van der Waals surface area contributed by atoms with Crippen LogP contribution in [-0.4, -0.2) is 68.3 Å². The Balaban J connectivity index is 1.56. The standard InChI is InChI=1S/C21H36N4OS2/c1-17-6-10-25(11-7-17)18(19-5-4-14-28-19)15-23-20(22-2)24-16-21(27-3)8-12-26-13-9-21/h4-5,14,17-18H,6-13,15-16H2,1-3H3,(H2,22,23,24). The third-order valence-corrected chi connectivity index (χ3v) is 8.62. The summed E-state index contributed by atoms with van der Waals surface area (Å²) in [5.74, 6) is 1.76. The molecule has 0 aromatic carbocycles. The van der Waals surface area contributed by atoms with Gasteiger partial charge in [0, 0.05) is 43.0 Å². The zero-order valence-electron chi connectivity index (χ0n) is 17.6. The molecular weight excluding hydrogens is 388 g/mol. The Bertz CT molecular complexity index is 594. The van der Waals surface area contributed by atoms with Crippen LogP contribution in [0.3, 0.4) is 0 Å². The van der Waals surface area contributed by atoms with E-state index in [0.29, 0.717) is 6.04 Å². The second-order valence-corrected chi connectivity index (χ2v) is 10.3. The molecule has 0 bridgehead atoms. The van der Waals surface area contributed by atoms with Crippen molar-refractivity contribution in [3.63, 3.8) is 0 Å². The van der Waals surface area contributed by atoms with E-state index in [1.54, 1.807) is 0 Å². The minimum absolute atomic E-state index is 0.256. The number of thioether (sulfide) groups is 1. The zero-order valence-corrected chi connectivity index (χ0v) is 19.2. The fourth-order valence-electron chi connectivity index (χ4n) is 4.09. The van der Waals surface area contributed by atoms with Crippen LogP contribution in [0.1, 0.15) is 43.5 Å². The van der Waals surface area contributed by atoms with Crippen molar-refractivity contribution in [3.8, 4) is 0 Å². The molecule has 2 saturated heterocycles. The van der Waals surface area contributed by atoms with E-state index in [9.17, 15) is 0 Å². The maximum Gasteiger partial charge on any atom is 0.191 e. The zero-order chi connectivity index (χ0) is 19.8. The quantitative estimate of drug-likeness (QED) is 0.517. The van der Waals surface area contributed by atoms with Crippen LogP contribution < -0.4 is 10.6 Å². The Kier molecular flexibility index (Phi) is 8.51. The van der Waals surface area contributed by atoms with E-state index >= 15 is 0 Å². The van der Waals surface area contributed by atoms with Crippen LogP contribution in [0.2, 0.25) is 0 Å². The van der Waals surface area contributed by atoms with Gasteiger partial charge in [-0.3, -0.25) is 9.89 Å². The summed E-state index contributed by atoms with van der Waals surface area (Å²) in [4.78, 5) is 8.58. The van der Waals surface area contributed by atoms with Gasteiger partial charge in [0.15, 0.2) is 5.96 Å². The molecule has 1 aromatic rings. The molecule has 0 spiro atoms. The van der Waals surface area contributed by atoms with Crippen molar-refractivity contribution in [3.05, 3.63) is 22.4 Å². The van der Waals surface area contributed by atoms with E-state index in [2.05, 4.69) is 51.2 Å². The van der Waals surface area contributed by atoms with Crippen molar-refractivity contribution in [1.82, 2.24) is 15.5 Å². The summed E-state index contributed by atoms with van der Waals surface area (Å²) in [7, 11) is 1.87. The molecule has 3 heterocycles. The average Bonchev–Trinajstić information content (AvgIpc) is 3.27. The number of thiophene rings is 1. The predicted molar refractivity (Wildman–Crippen MR) is 123 cm³/mol. The van der Waals surface area contributed by atoms with Gasteiger partial charge in [-0.05, 0) is 62.4 Å². The lowest BCUT2D eigenvalue weighted by atomic mass is 9.97. The molecule has 0 amide bonds. The summed E-state index contributed by atoms with van der Waals surface area (Å²) in [5.41, 5.74) is 0. The number of hydrogen-bond acceptors (Lipinski definition) is 5. The van der Waals surface area contributed by atoms with Crippen molar-refractivity contribution < 1.29 is 4.74 Å². The van der Waals surface area contributed by atoms with E-state index in [1.807, 2.05) is 30.1 Å². The maximum atomic E-state index is 5.56. The number of guanidine groups is 1. The highest BCUT2D eigenvalue weighted by molar-refractivity contribution is 8.00. The van der Waals surface area contributed by atoms with E-state index in [1.165, 1.54) is 30.8 Å². The number of rotatable bonds is 7. The summed E-state index contributed by atoms with van der Waals surface area (Å²) >= 11 is 3.82. The van der Waals surface area contributed by atoms with Crippen LogP contribution in [0.5, 0.6) is 0 Å². The Morgan fingerprint density at radius 3 is 2.71 bits per heavy atom. The molecule has 0 saturated carbocycles. The highest BCUT2D eigenvalue weighted by atomic mass is 32.2. The number of ether oxygens (including phenoxy) is 1. The molecule has 1 atom stereocenters. The minimum atomic E-state index is 0.256. The van der Waals surface area contributed by atoms with Crippen LogP contribution in [-0.2, 0) is 4.74 Å². The Morgan fingerprint density at radius 2 is 2.11 bits per heavy atom. The van der Waals surface area contributed by atoms with E-state index < -0.39 is 0 Å². The van der Waals surface area contributed by atoms with Gasteiger partial charge in [0.2, 0.25) is 0 Å². The molecule has 7 heteroatoms. The van der Waals surface area contributed by atoms with Gasteiger partial charge in [-0.15, -0.1) is 11.3 Å². The van der Waals surface area contributed by atoms with Crippen LogP contribution in [0.25, 0.3) is 0 Å². The van der Waals surface area contributed by atoms with E-state index in [0.717, 1.165) is 51.0 Å². The highest BCUT2D eigenvalue weighted by Crippen LogP contribution is 2.33. The van der Waals surface area contributed by atoms with Gasteiger partial charge in [-0.2, -0.15) is 11.8 Å². The Labute approximate surface area is 178 Å². The second kappa shape index (κ2) is 10.9. The molecule has 1 aromatic heterocycles. The van der Waals surface area contributed by atoms with Crippen molar-refractivity contribution >= 4 is 29.1 Å². The second-order valence-electron chi connectivity index (χ2n) is 8.06. The first-order valence-corrected chi connectivity index (χ1v) is 12.6. The molecule has 0 aliphatic carbocycles. The third-order valence-electron chi connectivity index (χ3n) is 6.23. The summed E-state index contributed by atoms with van der Waals surface area (Å²) < 4.78 is 5.82. The molecule has 2 aliphatic rings. The molecule has 2 fully saturated rings. The van der Waals surface area contributed by atoms with Crippen LogP contribution in [0.15, 0.2) is 22.5 Å². The smallest absolute Gasteiger partial charge is 0.191 e. The predicted octanol–water partition coefficient (Wildman–Crippen LogP) is 3.60. The van der Waals surface area contributed by atoms with Gasteiger partial charge in [0.05, 0.1) is 6.04 Å². The Morgan fingerprint density at radius 1 is 1.36 bits per heavy atom. The number of nitrogens with zero attached hydrogens (tertiary/aromatic N) is 2. The molecule has 5 nitrogen and oxygen atoms in total. The lowest BCUT2D eigenvalue weighted by Gasteiger charge is -2.37. The molecule has 1 unspecified atom stereocenters. The molecular formula is C21H36N4OS2. The van der Waals surface area contributed by atoms with Gasteiger partial charge in [0.25, 0.3) is 0 Å². The number of hydrogen-bond donors (Lipinski definition) is 2. The van der Waals surface area contributed by atoms with Crippen molar-refractivity contribution in [2.45, 2.75) is 43.4 Å². The van der Waals surface area contributed by atoms with Crippen LogP contribution in [0.4, 0.5) is 0 Å². The van der Waals surface area contributed by atoms with Crippen LogP contribution in [0, 0.1) is 5.92 Å². The molecule has 0 radical (unpaired) electrons. The summed E-state index contributed by atoms with van der Waals surface area (Å²) in [6, 6.07) is 4.86. The van der Waals surface area contributed by atoms with E-state index in [-0.39, 0.29) is 4.75 Å². The first-order chi connectivity index (χ1) is 13.7. The van der Waals surface area contributed by atoms with Gasteiger partial charge in [-0.1, -0.05) is 13.0 Å². The van der Waals surface area contributed by atoms with Crippen LogP contribution >= 0.6 is 23.1 Å². The lowest BCUT2D eigenvalue weighted by Crippen LogP contribution is -2.49. The van der Waals surface area contributed by atoms with Crippen molar-refractivity contribution in [2.24, 2.45) is 10.9 Å². The summed E-state index contributed by atoms with van der Waals surface area (Å²) in [6.07, 6.45) is 7.01. The number of aliphatic imine (C=N–C) groups is 1. The summed E-state index contributed by atoms with van der Waals surface area (Å²) in [6.45, 7) is 8.30. The normalized spacial score (nSPS) is 22.8. The lowest BCUT2D eigenvalue weighted by molar-refractivity contribution is 0.0782. The summed E-state index contributed by atoms with van der Waals surface area (Å²) in [5, 5.41) is 9.39. The minimum Gasteiger partial charge on any atom is -0.381 e. The molecule has 2 aliphatic heterocycles.